The van der Waals surface area contributed by atoms with E-state index in [2.05, 4.69) is 48.5 Å². The van der Waals surface area contributed by atoms with Gasteiger partial charge in [-0.05, 0) is 112 Å². The number of carbonyl (C=O) groups is 1. The molecule has 0 aliphatic heterocycles. The van der Waals surface area contributed by atoms with Gasteiger partial charge in [-0.3, -0.25) is 4.79 Å². The normalized spacial score (nSPS) is 28.9. The summed E-state index contributed by atoms with van der Waals surface area (Å²) in [6.45, 7) is 16.2. The van der Waals surface area contributed by atoms with Crippen LogP contribution in [0.25, 0.3) is 0 Å². The summed E-state index contributed by atoms with van der Waals surface area (Å²) in [5.41, 5.74) is 0. The van der Waals surface area contributed by atoms with Crippen molar-refractivity contribution in [3.8, 4) is 0 Å². The molecule has 0 bridgehead atoms. The molecule has 0 amide bonds. The highest BCUT2D eigenvalue weighted by Crippen LogP contribution is 2.38. The summed E-state index contributed by atoms with van der Waals surface area (Å²) in [6, 6.07) is 0. The number of ketones is 1. The molecule has 1 N–H and O–H groups in total. The van der Waals surface area contributed by atoms with Gasteiger partial charge >= 0.3 is 0 Å². The number of Topliss-reactive ketones (excluding diaryl/α,β-unsaturated/α-hetero) is 1. The molecule has 2 unspecified atom stereocenters. The highest BCUT2D eigenvalue weighted by Gasteiger charge is 2.29. The summed E-state index contributed by atoms with van der Waals surface area (Å²) in [4.78, 5) is 13.1. The van der Waals surface area contributed by atoms with Crippen LogP contribution in [0.2, 0.25) is 0 Å². The fraction of sp³-hybridized carbons (Fsp3) is 0.969. The molecule has 2 fully saturated rings. The fourth-order valence-corrected chi connectivity index (χ4v) is 7.13. The quantitative estimate of drug-likeness (QED) is 0.271. The van der Waals surface area contributed by atoms with Gasteiger partial charge in [0.25, 0.3) is 0 Å². The lowest BCUT2D eigenvalue weighted by Crippen LogP contribution is -2.26. The van der Waals surface area contributed by atoms with Crippen molar-refractivity contribution in [2.45, 2.75) is 144 Å². The Morgan fingerprint density at radius 1 is 0.765 bits per heavy atom. The molecule has 3 atom stereocenters. The summed E-state index contributed by atoms with van der Waals surface area (Å²) in [6.07, 6.45) is 16.4. The zero-order chi connectivity index (χ0) is 25.3. The van der Waals surface area contributed by atoms with Crippen LogP contribution in [0.5, 0.6) is 0 Å². The highest BCUT2D eigenvalue weighted by atomic mass is 16.3. The maximum atomic E-state index is 13.1. The Morgan fingerprint density at radius 3 is 1.85 bits per heavy atom. The van der Waals surface area contributed by atoms with Gasteiger partial charge in [-0.25, -0.2) is 0 Å². The molecule has 0 heterocycles. The second kappa shape index (κ2) is 15.0. The van der Waals surface area contributed by atoms with Crippen molar-refractivity contribution in [3.63, 3.8) is 0 Å². The minimum absolute atomic E-state index is 0.178. The molecule has 34 heavy (non-hydrogen) atoms. The van der Waals surface area contributed by atoms with Gasteiger partial charge in [0.1, 0.15) is 5.78 Å². The monoisotopic (exact) mass is 476 g/mol. The zero-order valence-electron chi connectivity index (χ0n) is 24.0. The van der Waals surface area contributed by atoms with Crippen LogP contribution in [0.3, 0.4) is 0 Å². The van der Waals surface area contributed by atoms with E-state index in [1.54, 1.807) is 0 Å². The summed E-state index contributed by atoms with van der Waals surface area (Å²) >= 11 is 0. The minimum Gasteiger partial charge on any atom is -0.393 e. The van der Waals surface area contributed by atoms with Crippen molar-refractivity contribution in [1.29, 1.82) is 0 Å². The zero-order valence-corrected chi connectivity index (χ0v) is 24.0. The average Bonchev–Trinajstić information content (AvgIpc) is 2.78. The van der Waals surface area contributed by atoms with Crippen LogP contribution < -0.4 is 0 Å². The third-order valence-corrected chi connectivity index (χ3v) is 9.78. The van der Waals surface area contributed by atoms with Gasteiger partial charge in [-0.1, -0.05) is 67.7 Å². The van der Waals surface area contributed by atoms with Gasteiger partial charge in [-0.15, -0.1) is 0 Å². The predicted octanol–water partition coefficient (Wildman–Crippen LogP) is 9.09. The van der Waals surface area contributed by atoms with Gasteiger partial charge < -0.3 is 5.11 Å². The van der Waals surface area contributed by atoms with Crippen molar-refractivity contribution in [1.82, 2.24) is 0 Å². The van der Waals surface area contributed by atoms with Gasteiger partial charge in [0, 0.05) is 12.3 Å². The molecule has 2 heteroatoms. The Hall–Kier alpha value is -0.370. The molecule has 2 aliphatic rings. The second-order valence-electron chi connectivity index (χ2n) is 13.8. The van der Waals surface area contributed by atoms with E-state index < -0.39 is 0 Å². The van der Waals surface area contributed by atoms with Crippen LogP contribution in [0, 0.1) is 53.3 Å². The third-order valence-electron chi connectivity index (χ3n) is 9.78. The lowest BCUT2D eigenvalue weighted by molar-refractivity contribution is -0.125. The first-order valence-corrected chi connectivity index (χ1v) is 15.3. The van der Waals surface area contributed by atoms with Crippen molar-refractivity contribution in [2.75, 3.05) is 0 Å². The smallest absolute Gasteiger partial charge is 0.136 e. The van der Waals surface area contributed by atoms with Gasteiger partial charge in [0.2, 0.25) is 0 Å². The van der Waals surface area contributed by atoms with Crippen molar-refractivity contribution in [3.05, 3.63) is 0 Å². The van der Waals surface area contributed by atoms with E-state index >= 15 is 0 Å². The van der Waals surface area contributed by atoms with E-state index in [9.17, 15) is 9.90 Å². The molecule has 0 saturated heterocycles. The molecule has 2 aliphatic carbocycles. The standard InChI is InChI=1S/C32H60O2/c1-22(2)19-26-13-17-29(18-14-26)32(34)21-30(24(5)6)9-8-10-31(33)25(7)20-27-11-15-28(16-12-27)23(3)4/h22-31,33H,8-21H2,1-7H3/t25?,26?,27?,28?,29?,30-,31?/m0/s1. The van der Waals surface area contributed by atoms with Crippen LogP contribution in [0.4, 0.5) is 0 Å². The van der Waals surface area contributed by atoms with Gasteiger partial charge in [-0.2, -0.15) is 0 Å². The number of carbonyl (C=O) groups excluding carboxylic acids is 1. The Morgan fingerprint density at radius 2 is 1.32 bits per heavy atom. The van der Waals surface area contributed by atoms with E-state index in [1.165, 1.54) is 51.4 Å². The molecule has 200 valence electrons. The number of aliphatic hydroxyl groups is 1. The Kier molecular flexibility index (Phi) is 13.2. The Labute approximate surface area is 213 Å². The van der Waals surface area contributed by atoms with Crippen LogP contribution >= 0.6 is 0 Å². The second-order valence-corrected chi connectivity index (χ2v) is 13.8. The topological polar surface area (TPSA) is 37.3 Å². The molecule has 0 radical (unpaired) electrons. The van der Waals surface area contributed by atoms with Gasteiger partial charge in [0.15, 0.2) is 0 Å². The average molecular weight is 477 g/mol. The first kappa shape index (κ1) is 29.9. The number of aliphatic hydroxyl groups excluding tert-OH is 1. The summed E-state index contributed by atoms with van der Waals surface area (Å²) < 4.78 is 0. The van der Waals surface area contributed by atoms with Crippen LogP contribution in [-0.4, -0.2) is 17.0 Å². The number of hydrogen-bond donors (Lipinski definition) is 1. The molecule has 0 spiro atoms. The Bertz CT molecular complexity index is 549. The summed E-state index contributed by atoms with van der Waals surface area (Å²) in [5, 5.41) is 10.8. The summed E-state index contributed by atoms with van der Waals surface area (Å²) in [7, 11) is 0. The first-order chi connectivity index (χ1) is 16.1. The SMILES string of the molecule is CC(C)CC1CCC(C(=O)C[C@H](CCCC(O)C(C)CC2CCC(C(C)C)CC2)C(C)C)CC1. The lowest BCUT2D eigenvalue weighted by Gasteiger charge is -2.33. The van der Waals surface area contributed by atoms with Gasteiger partial charge in [0.05, 0.1) is 6.10 Å². The molecular weight excluding hydrogens is 416 g/mol. The van der Waals surface area contributed by atoms with Crippen LogP contribution in [0.1, 0.15) is 138 Å². The maximum Gasteiger partial charge on any atom is 0.136 e. The molecule has 0 aromatic heterocycles. The minimum atomic E-state index is -0.178. The van der Waals surface area contributed by atoms with E-state index in [4.69, 9.17) is 0 Å². The maximum absolute atomic E-state index is 13.1. The highest BCUT2D eigenvalue weighted by molar-refractivity contribution is 5.81. The fourth-order valence-electron chi connectivity index (χ4n) is 7.13. The van der Waals surface area contributed by atoms with Crippen molar-refractivity contribution in [2.24, 2.45) is 53.3 Å². The molecule has 0 aromatic rings. The number of rotatable bonds is 14. The largest absolute Gasteiger partial charge is 0.393 e. The molecule has 0 aromatic carbocycles. The Balaban J connectivity index is 1.68. The van der Waals surface area contributed by atoms with E-state index in [-0.39, 0.29) is 6.10 Å². The molecule has 2 saturated carbocycles. The van der Waals surface area contributed by atoms with Crippen molar-refractivity contribution < 1.29 is 9.90 Å². The lowest BCUT2D eigenvalue weighted by atomic mass is 9.73. The molecule has 2 nitrogen and oxygen atoms in total. The molecule has 2 rings (SSSR count). The van der Waals surface area contributed by atoms with Crippen LogP contribution in [-0.2, 0) is 4.79 Å². The predicted molar refractivity (Wildman–Crippen MR) is 147 cm³/mol. The van der Waals surface area contributed by atoms with E-state index in [1.807, 2.05) is 0 Å². The van der Waals surface area contributed by atoms with E-state index in [0.29, 0.717) is 29.5 Å². The van der Waals surface area contributed by atoms with Crippen molar-refractivity contribution >= 4 is 5.78 Å². The summed E-state index contributed by atoms with van der Waals surface area (Å²) in [5.74, 6) is 6.47. The first-order valence-electron chi connectivity index (χ1n) is 15.3. The van der Waals surface area contributed by atoms with E-state index in [0.717, 1.165) is 68.1 Å². The van der Waals surface area contributed by atoms with Crippen LogP contribution in [0.15, 0.2) is 0 Å². The third kappa shape index (κ3) is 10.3. The number of hydrogen-bond acceptors (Lipinski definition) is 2. The molecular formula is C32H60O2.